The molecule has 2 aromatic rings. The number of aromatic nitrogens is 1. The predicted octanol–water partition coefficient (Wildman–Crippen LogP) is 9.51. The quantitative estimate of drug-likeness (QED) is 0.294. The Kier molecular flexibility index (Phi) is 10.6. The van der Waals surface area contributed by atoms with E-state index in [1.54, 1.807) is 0 Å². The molecule has 0 aliphatic heterocycles. The third-order valence-corrected chi connectivity index (χ3v) is 7.37. The Balaban J connectivity index is 1.41. The first-order valence-electron chi connectivity index (χ1n) is 13.4. The average Bonchev–Trinajstić information content (AvgIpc) is 2.82. The van der Waals surface area contributed by atoms with E-state index in [9.17, 15) is 0 Å². The van der Waals surface area contributed by atoms with Crippen molar-refractivity contribution in [3.05, 3.63) is 53.9 Å². The van der Waals surface area contributed by atoms with Crippen LogP contribution in [0.15, 0.2) is 42.6 Å². The Hall–Kier alpha value is -1.63. The van der Waals surface area contributed by atoms with Gasteiger partial charge in [0.1, 0.15) is 0 Å². The van der Waals surface area contributed by atoms with Crippen LogP contribution in [0.4, 0.5) is 0 Å². The topological polar surface area (TPSA) is 12.9 Å². The summed E-state index contributed by atoms with van der Waals surface area (Å²) in [6.07, 6.45) is 22.7. The third kappa shape index (κ3) is 8.09. The van der Waals surface area contributed by atoms with Gasteiger partial charge in [-0.05, 0) is 61.6 Å². The van der Waals surface area contributed by atoms with Crippen LogP contribution in [0.25, 0.3) is 11.1 Å². The molecule has 0 atom stereocenters. The van der Waals surface area contributed by atoms with Gasteiger partial charge < -0.3 is 0 Å². The smallest absolute Gasteiger partial charge is 0.0434 e. The minimum atomic E-state index is 0.677. The minimum absolute atomic E-state index is 0.677. The van der Waals surface area contributed by atoms with E-state index in [-0.39, 0.29) is 0 Å². The molecule has 170 valence electrons. The van der Waals surface area contributed by atoms with Gasteiger partial charge in [-0.1, -0.05) is 102 Å². The zero-order valence-electron chi connectivity index (χ0n) is 20.2. The Morgan fingerprint density at radius 2 is 1.32 bits per heavy atom. The Morgan fingerprint density at radius 1 is 0.677 bits per heavy atom. The Bertz CT molecular complexity index is 707. The fourth-order valence-electron chi connectivity index (χ4n) is 5.22. The van der Waals surface area contributed by atoms with Gasteiger partial charge in [-0.15, -0.1) is 0 Å². The molecule has 1 heterocycles. The Morgan fingerprint density at radius 3 is 2.00 bits per heavy atom. The molecule has 0 unspecified atom stereocenters. The standard InChI is InChI=1S/C30H45N/c1-3-5-7-8-9-11-13-26-16-20-28(21-17-26)30-23-22-29(24-31-30)27-18-14-25(15-19-27)12-10-6-4-2/h14-15,18-19,22-24,26,28H,3-13,16-17,20-21H2,1-2H3/t26-,28-. The third-order valence-electron chi connectivity index (χ3n) is 7.37. The van der Waals surface area contributed by atoms with Crippen molar-refractivity contribution in [1.82, 2.24) is 4.98 Å². The van der Waals surface area contributed by atoms with Crippen LogP contribution < -0.4 is 0 Å². The summed E-state index contributed by atoms with van der Waals surface area (Å²) in [5.74, 6) is 1.65. The summed E-state index contributed by atoms with van der Waals surface area (Å²) >= 11 is 0. The number of hydrogen-bond acceptors (Lipinski definition) is 1. The molecule has 0 bridgehead atoms. The number of unbranched alkanes of at least 4 members (excludes halogenated alkanes) is 7. The Labute approximate surface area is 192 Å². The second-order valence-corrected chi connectivity index (χ2v) is 9.90. The highest BCUT2D eigenvalue weighted by atomic mass is 14.7. The van der Waals surface area contributed by atoms with Crippen LogP contribution in [0.5, 0.6) is 0 Å². The van der Waals surface area contributed by atoms with E-state index in [2.05, 4.69) is 56.4 Å². The summed E-state index contributed by atoms with van der Waals surface area (Å²) in [6, 6.07) is 13.7. The molecule has 0 amide bonds. The van der Waals surface area contributed by atoms with Gasteiger partial charge in [-0.3, -0.25) is 4.98 Å². The van der Waals surface area contributed by atoms with Crippen LogP contribution in [-0.4, -0.2) is 4.98 Å². The molecular weight excluding hydrogens is 374 g/mol. The summed E-state index contributed by atoms with van der Waals surface area (Å²) in [6.45, 7) is 4.56. The molecular formula is C30H45N. The normalized spacial score (nSPS) is 18.9. The minimum Gasteiger partial charge on any atom is -0.260 e. The second kappa shape index (κ2) is 13.7. The number of pyridine rings is 1. The van der Waals surface area contributed by atoms with Gasteiger partial charge in [-0.2, -0.15) is 0 Å². The number of nitrogens with zero attached hydrogens (tertiary/aromatic N) is 1. The van der Waals surface area contributed by atoms with Crippen molar-refractivity contribution in [1.29, 1.82) is 0 Å². The summed E-state index contributed by atoms with van der Waals surface area (Å²) < 4.78 is 0. The number of benzene rings is 1. The van der Waals surface area contributed by atoms with Gasteiger partial charge in [0.25, 0.3) is 0 Å². The van der Waals surface area contributed by atoms with Gasteiger partial charge in [0.15, 0.2) is 0 Å². The molecule has 1 aliphatic carbocycles. The van der Waals surface area contributed by atoms with Crippen molar-refractivity contribution in [3.63, 3.8) is 0 Å². The monoisotopic (exact) mass is 419 g/mol. The summed E-state index contributed by atoms with van der Waals surface area (Å²) in [7, 11) is 0. The van der Waals surface area contributed by atoms with Crippen molar-refractivity contribution in [2.75, 3.05) is 0 Å². The molecule has 3 rings (SSSR count). The lowest BCUT2D eigenvalue weighted by Crippen LogP contribution is -2.14. The molecule has 1 nitrogen and oxygen atoms in total. The summed E-state index contributed by atoms with van der Waals surface area (Å²) in [5.41, 5.74) is 5.32. The van der Waals surface area contributed by atoms with E-state index in [0.717, 1.165) is 5.92 Å². The van der Waals surface area contributed by atoms with Crippen LogP contribution in [0, 0.1) is 5.92 Å². The van der Waals surface area contributed by atoms with Crippen LogP contribution in [0.3, 0.4) is 0 Å². The lowest BCUT2D eigenvalue weighted by Gasteiger charge is -2.28. The molecule has 0 spiro atoms. The lowest BCUT2D eigenvalue weighted by atomic mass is 9.78. The van der Waals surface area contributed by atoms with E-state index in [0.29, 0.717) is 5.92 Å². The van der Waals surface area contributed by atoms with Crippen LogP contribution in [-0.2, 0) is 6.42 Å². The van der Waals surface area contributed by atoms with Crippen molar-refractivity contribution in [2.24, 2.45) is 5.92 Å². The summed E-state index contributed by atoms with van der Waals surface area (Å²) in [5, 5.41) is 0. The van der Waals surface area contributed by atoms with Gasteiger partial charge in [0.2, 0.25) is 0 Å². The highest BCUT2D eigenvalue weighted by molar-refractivity contribution is 5.62. The number of hydrogen-bond donors (Lipinski definition) is 0. The second-order valence-electron chi connectivity index (χ2n) is 9.90. The van der Waals surface area contributed by atoms with Crippen molar-refractivity contribution in [2.45, 2.75) is 116 Å². The zero-order chi connectivity index (χ0) is 21.7. The van der Waals surface area contributed by atoms with Crippen LogP contribution in [0.2, 0.25) is 0 Å². The van der Waals surface area contributed by atoms with Crippen molar-refractivity contribution < 1.29 is 0 Å². The predicted molar refractivity (Wildman–Crippen MR) is 136 cm³/mol. The molecule has 1 heteroatoms. The van der Waals surface area contributed by atoms with E-state index in [4.69, 9.17) is 4.98 Å². The maximum atomic E-state index is 4.89. The van der Waals surface area contributed by atoms with Gasteiger partial charge in [0.05, 0.1) is 0 Å². The van der Waals surface area contributed by atoms with Crippen LogP contribution >= 0.6 is 0 Å². The SMILES string of the molecule is CCCCCCCC[C@H]1CC[C@H](c2ccc(-c3ccc(CCCCC)cc3)cn2)CC1. The molecule has 1 fully saturated rings. The van der Waals surface area contributed by atoms with Gasteiger partial charge >= 0.3 is 0 Å². The summed E-state index contributed by atoms with van der Waals surface area (Å²) in [4.78, 5) is 4.89. The van der Waals surface area contributed by atoms with Gasteiger partial charge in [0, 0.05) is 23.4 Å². The van der Waals surface area contributed by atoms with E-state index in [1.165, 1.54) is 119 Å². The highest BCUT2D eigenvalue weighted by Gasteiger charge is 2.22. The average molecular weight is 420 g/mol. The lowest BCUT2D eigenvalue weighted by molar-refractivity contribution is 0.299. The molecule has 1 aromatic carbocycles. The largest absolute Gasteiger partial charge is 0.260 e. The maximum Gasteiger partial charge on any atom is 0.0434 e. The molecule has 0 saturated heterocycles. The van der Waals surface area contributed by atoms with E-state index >= 15 is 0 Å². The molecule has 0 N–H and O–H groups in total. The number of rotatable bonds is 13. The van der Waals surface area contributed by atoms with Crippen molar-refractivity contribution in [3.8, 4) is 11.1 Å². The zero-order valence-corrected chi connectivity index (χ0v) is 20.2. The fraction of sp³-hybridized carbons (Fsp3) is 0.633. The molecule has 1 aromatic heterocycles. The number of aryl methyl sites for hydroxylation is 1. The molecule has 0 radical (unpaired) electrons. The van der Waals surface area contributed by atoms with Crippen LogP contribution in [0.1, 0.15) is 121 Å². The molecule has 1 aliphatic rings. The fourth-order valence-corrected chi connectivity index (χ4v) is 5.22. The highest BCUT2D eigenvalue weighted by Crippen LogP contribution is 2.37. The van der Waals surface area contributed by atoms with E-state index < -0.39 is 0 Å². The molecule has 1 saturated carbocycles. The maximum absolute atomic E-state index is 4.89. The molecule has 31 heavy (non-hydrogen) atoms. The first-order chi connectivity index (χ1) is 15.3. The first-order valence-corrected chi connectivity index (χ1v) is 13.4. The van der Waals surface area contributed by atoms with Crippen molar-refractivity contribution >= 4 is 0 Å². The first kappa shape index (κ1) is 24.0. The van der Waals surface area contributed by atoms with Gasteiger partial charge in [-0.25, -0.2) is 0 Å². The van der Waals surface area contributed by atoms with E-state index in [1.807, 2.05) is 0 Å².